The van der Waals surface area contributed by atoms with Gasteiger partial charge in [-0.1, -0.05) is 13.8 Å². The first kappa shape index (κ1) is 9.00. The molecule has 0 bridgehead atoms. The molecule has 3 N–H and O–H groups in total. The lowest BCUT2D eigenvalue weighted by Gasteiger charge is -2.07. The third kappa shape index (κ3) is 1.95. The Bertz CT molecular complexity index is 230. The molecule has 0 spiro atoms. The van der Waals surface area contributed by atoms with Gasteiger partial charge in [0.05, 0.1) is 11.9 Å². The van der Waals surface area contributed by atoms with Crippen molar-refractivity contribution in [2.24, 2.45) is 5.84 Å². The van der Waals surface area contributed by atoms with Crippen LogP contribution in [0.4, 0.5) is 5.69 Å². The van der Waals surface area contributed by atoms with Crippen LogP contribution in [0.1, 0.15) is 31.9 Å². The second-order valence-corrected chi connectivity index (χ2v) is 2.93. The molecule has 1 atom stereocenters. The van der Waals surface area contributed by atoms with Gasteiger partial charge < -0.3 is 5.43 Å². The standard InChI is InChI=1S/C9H15N3/c1-3-7(2)9-5-4-8(12-10)6-11-9/h4-7,12H,3,10H2,1-2H3. The summed E-state index contributed by atoms with van der Waals surface area (Å²) in [6.45, 7) is 4.32. The van der Waals surface area contributed by atoms with Crippen LogP contribution in [0.15, 0.2) is 18.3 Å². The van der Waals surface area contributed by atoms with Crippen LogP contribution in [0.2, 0.25) is 0 Å². The van der Waals surface area contributed by atoms with Gasteiger partial charge in [0.2, 0.25) is 0 Å². The van der Waals surface area contributed by atoms with Crippen molar-refractivity contribution in [3.63, 3.8) is 0 Å². The summed E-state index contributed by atoms with van der Waals surface area (Å²) in [6, 6.07) is 3.94. The predicted molar refractivity (Wildman–Crippen MR) is 50.8 cm³/mol. The maximum atomic E-state index is 5.22. The molecule has 66 valence electrons. The number of aromatic nitrogens is 1. The molecule has 0 saturated heterocycles. The number of nitrogens with zero attached hydrogens (tertiary/aromatic N) is 1. The number of anilines is 1. The van der Waals surface area contributed by atoms with Gasteiger partial charge in [0, 0.05) is 5.69 Å². The molecule has 0 fully saturated rings. The third-order valence-electron chi connectivity index (χ3n) is 2.07. The monoisotopic (exact) mass is 165 g/mol. The minimum Gasteiger partial charge on any atom is -0.323 e. The van der Waals surface area contributed by atoms with Crippen LogP contribution in [-0.4, -0.2) is 4.98 Å². The van der Waals surface area contributed by atoms with Gasteiger partial charge in [0.25, 0.3) is 0 Å². The van der Waals surface area contributed by atoms with E-state index in [2.05, 4.69) is 24.3 Å². The Morgan fingerprint density at radius 1 is 1.58 bits per heavy atom. The van der Waals surface area contributed by atoms with Crippen LogP contribution in [0.3, 0.4) is 0 Å². The molecule has 3 heteroatoms. The lowest BCUT2D eigenvalue weighted by atomic mass is 10.0. The molecule has 0 aliphatic heterocycles. The number of rotatable bonds is 3. The molecule has 3 nitrogen and oxygen atoms in total. The zero-order valence-electron chi connectivity index (χ0n) is 7.54. The van der Waals surface area contributed by atoms with Crippen molar-refractivity contribution >= 4 is 5.69 Å². The van der Waals surface area contributed by atoms with E-state index in [9.17, 15) is 0 Å². The summed E-state index contributed by atoms with van der Waals surface area (Å²) in [5.41, 5.74) is 4.52. The molecule has 1 heterocycles. The zero-order valence-corrected chi connectivity index (χ0v) is 7.54. The molecule has 1 rings (SSSR count). The number of nitrogen functional groups attached to an aromatic ring is 1. The number of hydrogen-bond donors (Lipinski definition) is 2. The Labute approximate surface area is 73.0 Å². The van der Waals surface area contributed by atoms with Crippen LogP contribution in [0.25, 0.3) is 0 Å². The zero-order chi connectivity index (χ0) is 8.97. The number of nitrogens with two attached hydrogens (primary N) is 1. The maximum absolute atomic E-state index is 5.22. The van der Waals surface area contributed by atoms with Gasteiger partial charge in [0.15, 0.2) is 0 Å². The van der Waals surface area contributed by atoms with Crippen molar-refractivity contribution in [1.29, 1.82) is 0 Å². The van der Waals surface area contributed by atoms with E-state index in [-0.39, 0.29) is 0 Å². The van der Waals surface area contributed by atoms with Crippen LogP contribution in [0.5, 0.6) is 0 Å². The van der Waals surface area contributed by atoms with Crippen LogP contribution >= 0.6 is 0 Å². The molecule has 0 amide bonds. The summed E-state index contributed by atoms with van der Waals surface area (Å²) in [6.07, 6.45) is 2.86. The highest BCUT2D eigenvalue weighted by atomic mass is 15.2. The summed E-state index contributed by atoms with van der Waals surface area (Å²) >= 11 is 0. The van der Waals surface area contributed by atoms with Gasteiger partial charge in [-0.25, -0.2) is 0 Å². The SMILES string of the molecule is CCC(C)c1ccc(NN)cn1. The Morgan fingerprint density at radius 2 is 2.33 bits per heavy atom. The van der Waals surface area contributed by atoms with Crippen molar-refractivity contribution in [3.8, 4) is 0 Å². The van der Waals surface area contributed by atoms with E-state index < -0.39 is 0 Å². The summed E-state index contributed by atoms with van der Waals surface area (Å²) in [7, 11) is 0. The third-order valence-corrected chi connectivity index (χ3v) is 2.07. The van der Waals surface area contributed by atoms with E-state index in [4.69, 9.17) is 5.84 Å². The molecular weight excluding hydrogens is 150 g/mol. The van der Waals surface area contributed by atoms with E-state index in [1.807, 2.05) is 12.1 Å². The second-order valence-electron chi connectivity index (χ2n) is 2.93. The van der Waals surface area contributed by atoms with E-state index in [1.54, 1.807) is 6.20 Å². The minimum atomic E-state index is 0.525. The normalized spacial score (nSPS) is 12.6. The van der Waals surface area contributed by atoms with Crippen LogP contribution in [-0.2, 0) is 0 Å². The lowest BCUT2D eigenvalue weighted by molar-refractivity contribution is 0.708. The average molecular weight is 165 g/mol. The quantitative estimate of drug-likeness (QED) is 0.531. The number of hydrogen-bond acceptors (Lipinski definition) is 3. The lowest BCUT2D eigenvalue weighted by Crippen LogP contribution is -2.07. The van der Waals surface area contributed by atoms with Crippen LogP contribution < -0.4 is 11.3 Å². The minimum absolute atomic E-state index is 0.525. The van der Waals surface area contributed by atoms with Crippen molar-refractivity contribution < 1.29 is 0 Å². The Morgan fingerprint density at radius 3 is 2.75 bits per heavy atom. The van der Waals surface area contributed by atoms with Crippen LogP contribution in [0, 0.1) is 0 Å². The fraction of sp³-hybridized carbons (Fsp3) is 0.444. The highest BCUT2D eigenvalue weighted by Gasteiger charge is 2.02. The van der Waals surface area contributed by atoms with Crippen molar-refractivity contribution in [1.82, 2.24) is 4.98 Å². The Kier molecular flexibility index (Phi) is 3.05. The highest BCUT2D eigenvalue weighted by Crippen LogP contribution is 2.16. The van der Waals surface area contributed by atoms with E-state index >= 15 is 0 Å². The molecular formula is C9H15N3. The summed E-state index contributed by atoms with van der Waals surface area (Å²) in [5.74, 6) is 5.74. The molecule has 0 aliphatic carbocycles. The molecule has 0 radical (unpaired) electrons. The van der Waals surface area contributed by atoms with Gasteiger partial charge >= 0.3 is 0 Å². The molecule has 0 aromatic carbocycles. The smallest absolute Gasteiger partial charge is 0.0669 e. The predicted octanol–water partition coefficient (Wildman–Crippen LogP) is 1.88. The van der Waals surface area contributed by atoms with Crippen molar-refractivity contribution in [2.45, 2.75) is 26.2 Å². The van der Waals surface area contributed by atoms with Gasteiger partial charge in [-0.2, -0.15) is 0 Å². The molecule has 12 heavy (non-hydrogen) atoms. The fourth-order valence-corrected chi connectivity index (χ4v) is 0.991. The first-order chi connectivity index (χ1) is 5.77. The molecule has 1 aromatic heterocycles. The first-order valence-electron chi connectivity index (χ1n) is 4.20. The second kappa shape index (κ2) is 4.07. The summed E-state index contributed by atoms with van der Waals surface area (Å²) in [4.78, 5) is 4.28. The van der Waals surface area contributed by atoms with E-state index in [0.29, 0.717) is 5.92 Å². The van der Waals surface area contributed by atoms with Gasteiger partial charge in [-0.3, -0.25) is 10.8 Å². The van der Waals surface area contributed by atoms with Gasteiger partial charge in [-0.15, -0.1) is 0 Å². The van der Waals surface area contributed by atoms with Crippen molar-refractivity contribution in [3.05, 3.63) is 24.0 Å². The molecule has 1 unspecified atom stereocenters. The average Bonchev–Trinajstić information content (AvgIpc) is 2.17. The number of nitrogens with one attached hydrogen (secondary N) is 1. The maximum Gasteiger partial charge on any atom is 0.0669 e. The highest BCUT2D eigenvalue weighted by molar-refractivity contribution is 5.39. The molecule has 0 saturated carbocycles. The van der Waals surface area contributed by atoms with Gasteiger partial charge in [-0.05, 0) is 24.5 Å². The number of pyridine rings is 1. The van der Waals surface area contributed by atoms with Crippen molar-refractivity contribution in [2.75, 3.05) is 5.43 Å². The number of hydrazine groups is 1. The Balaban J connectivity index is 2.77. The fourth-order valence-electron chi connectivity index (χ4n) is 0.991. The topological polar surface area (TPSA) is 50.9 Å². The first-order valence-corrected chi connectivity index (χ1v) is 4.20. The largest absolute Gasteiger partial charge is 0.323 e. The molecule has 0 aliphatic rings. The summed E-state index contributed by atoms with van der Waals surface area (Å²) < 4.78 is 0. The Hall–Kier alpha value is -1.09. The van der Waals surface area contributed by atoms with E-state index in [0.717, 1.165) is 17.8 Å². The summed E-state index contributed by atoms with van der Waals surface area (Å²) in [5, 5.41) is 0. The molecule has 1 aromatic rings. The van der Waals surface area contributed by atoms with E-state index in [1.165, 1.54) is 0 Å². The van der Waals surface area contributed by atoms with Gasteiger partial charge in [0.1, 0.15) is 0 Å².